The Labute approximate surface area is 76.3 Å². The molecule has 2 aliphatic rings. The van der Waals surface area contributed by atoms with E-state index in [0.29, 0.717) is 5.71 Å². The van der Waals surface area contributed by atoms with Crippen molar-refractivity contribution >= 4 is 11.6 Å². The van der Waals surface area contributed by atoms with E-state index in [9.17, 15) is 4.79 Å². The normalized spacial score (nSPS) is 26.1. The highest BCUT2D eigenvalue weighted by Crippen LogP contribution is 2.25. The molecule has 3 nitrogen and oxygen atoms in total. The molecule has 0 bridgehead atoms. The highest BCUT2D eigenvalue weighted by Gasteiger charge is 2.22. The highest BCUT2D eigenvalue weighted by molar-refractivity contribution is 6.04. The van der Waals surface area contributed by atoms with Gasteiger partial charge in [-0.2, -0.15) is 0 Å². The van der Waals surface area contributed by atoms with E-state index < -0.39 is 0 Å². The van der Waals surface area contributed by atoms with Crippen molar-refractivity contribution in [2.45, 2.75) is 6.92 Å². The average molecular weight is 174 g/mol. The molecule has 0 aromatic rings. The molecule has 0 spiro atoms. The smallest absolute Gasteiger partial charge is 0.248 e. The number of allylic oxidation sites excluding steroid dienone is 3. The second kappa shape index (κ2) is 2.69. The number of nitrogens with one attached hydrogen (secondary N) is 2. The van der Waals surface area contributed by atoms with E-state index in [-0.39, 0.29) is 11.8 Å². The van der Waals surface area contributed by atoms with Crippen LogP contribution in [0.15, 0.2) is 35.6 Å². The summed E-state index contributed by atoms with van der Waals surface area (Å²) in [5.41, 5.74) is 2.28. The standard InChI is InChI=1S/C10H10N2O/c1-6-4-10(13)12-9-5-7(11)2-3-8(6)9/h2-5,8,11H,1H3,(H,12,13). The minimum atomic E-state index is -0.0944. The largest absolute Gasteiger partial charge is 0.325 e. The van der Waals surface area contributed by atoms with Crippen LogP contribution in [0.2, 0.25) is 0 Å². The summed E-state index contributed by atoms with van der Waals surface area (Å²) in [4.78, 5) is 11.1. The molecular formula is C10H10N2O. The van der Waals surface area contributed by atoms with Crippen LogP contribution in [0.1, 0.15) is 6.92 Å². The van der Waals surface area contributed by atoms with Gasteiger partial charge in [0.05, 0.1) is 5.71 Å². The summed E-state index contributed by atoms with van der Waals surface area (Å²) in [5, 5.41) is 10.1. The number of hydrogen-bond acceptors (Lipinski definition) is 2. The molecule has 2 rings (SSSR count). The van der Waals surface area contributed by atoms with E-state index >= 15 is 0 Å². The Kier molecular flexibility index (Phi) is 1.65. The molecule has 0 saturated carbocycles. The summed E-state index contributed by atoms with van der Waals surface area (Å²) < 4.78 is 0. The van der Waals surface area contributed by atoms with Gasteiger partial charge >= 0.3 is 0 Å². The summed E-state index contributed by atoms with van der Waals surface area (Å²) in [6.07, 6.45) is 6.98. The summed E-state index contributed by atoms with van der Waals surface area (Å²) in [7, 11) is 0. The van der Waals surface area contributed by atoms with E-state index in [1.54, 1.807) is 18.2 Å². The molecular weight excluding hydrogens is 164 g/mol. The number of rotatable bonds is 0. The third-order valence-corrected chi connectivity index (χ3v) is 2.23. The number of hydrogen-bond donors (Lipinski definition) is 2. The fourth-order valence-corrected chi connectivity index (χ4v) is 1.59. The van der Waals surface area contributed by atoms with Crippen LogP contribution in [-0.4, -0.2) is 11.6 Å². The van der Waals surface area contributed by atoms with Gasteiger partial charge in [0.25, 0.3) is 0 Å². The van der Waals surface area contributed by atoms with Crippen molar-refractivity contribution in [3.63, 3.8) is 0 Å². The molecule has 3 heteroatoms. The van der Waals surface area contributed by atoms with E-state index in [1.165, 1.54) is 0 Å². The predicted molar refractivity (Wildman–Crippen MR) is 50.3 cm³/mol. The summed E-state index contributed by atoms with van der Waals surface area (Å²) in [5.74, 6) is 0.0647. The summed E-state index contributed by atoms with van der Waals surface area (Å²) in [6, 6.07) is 0. The Morgan fingerprint density at radius 1 is 1.46 bits per heavy atom. The lowest BCUT2D eigenvalue weighted by molar-refractivity contribution is -0.116. The molecule has 0 saturated heterocycles. The maximum Gasteiger partial charge on any atom is 0.248 e. The van der Waals surface area contributed by atoms with Gasteiger partial charge in [-0.3, -0.25) is 4.79 Å². The number of carbonyl (C=O) groups is 1. The van der Waals surface area contributed by atoms with Crippen LogP contribution in [0.25, 0.3) is 0 Å². The first-order valence-corrected chi connectivity index (χ1v) is 4.14. The molecule has 1 heterocycles. The first-order chi connectivity index (χ1) is 6.16. The van der Waals surface area contributed by atoms with Gasteiger partial charge in [0.15, 0.2) is 0 Å². The zero-order valence-electron chi connectivity index (χ0n) is 7.29. The number of amides is 1. The zero-order chi connectivity index (χ0) is 9.42. The Hall–Kier alpha value is -1.64. The monoisotopic (exact) mass is 174 g/mol. The lowest BCUT2D eigenvalue weighted by atomic mass is 9.89. The van der Waals surface area contributed by atoms with Crippen LogP contribution < -0.4 is 5.32 Å². The molecule has 1 amide bonds. The SMILES string of the molecule is CC1=CC(=O)NC2=CC(=N)C=CC12. The zero-order valence-corrected chi connectivity index (χ0v) is 7.29. The van der Waals surface area contributed by atoms with Gasteiger partial charge in [0.2, 0.25) is 5.91 Å². The minimum absolute atomic E-state index is 0.0944. The molecule has 1 atom stereocenters. The van der Waals surface area contributed by atoms with Gasteiger partial charge in [-0.05, 0) is 19.1 Å². The van der Waals surface area contributed by atoms with Gasteiger partial charge < -0.3 is 10.7 Å². The van der Waals surface area contributed by atoms with Crippen LogP contribution in [0.4, 0.5) is 0 Å². The van der Waals surface area contributed by atoms with E-state index in [0.717, 1.165) is 11.3 Å². The van der Waals surface area contributed by atoms with E-state index in [1.807, 2.05) is 13.0 Å². The van der Waals surface area contributed by atoms with Crippen molar-refractivity contribution in [2.24, 2.45) is 5.92 Å². The molecule has 1 unspecified atom stereocenters. The first-order valence-electron chi connectivity index (χ1n) is 4.14. The Morgan fingerprint density at radius 3 is 3.00 bits per heavy atom. The molecule has 1 aliphatic carbocycles. The van der Waals surface area contributed by atoms with Crippen molar-refractivity contribution < 1.29 is 4.79 Å². The van der Waals surface area contributed by atoms with Crippen LogP contribution in [-0.2, 0) is 4.79 Å². The maximum atomic E-state index is 11.1. The van der Waals surface area contributed by atoms with Crippen molar-refractivity contribution in [1.29, 1.82) is 5.41 Å². The van der Waals surface area contributed by atoms with E-state index in [4.69, 9.17) is 5.41 Å². The van der Waals surface area contributed by atoms with Gasteiger partial charge in [-0.15, -0.1) is 0 Å². The van der Waals surface area contributed by atoms with Gasteiger partial charge in [0, 0.05) is 17.7 Å². The van der Waals surface area contributed by atoms with Crippen LogP contribution >= 0.6 is 0 Å². The molecule has 1 aliphatic heterocycles. The highest BCUT2D eigenvalue weighted by atomic mass is 16.1. The van der Waals surface area contributed by atoms with Crippen molar-refractivity contribution in [1.82, 2.24) is 5.32 Å². The molecule has 0 aromatic heterocycles. The molecule has 0 fully saturated rings. The van der Waals surface area contributed by atoms with Gasteiger partial charge in [-0.25, -0.2) is 0 Å². The second-order valence-electron chi connectivity index (χ2n) is 3.27. The minimum Gasteiger partial charge on any atom is -0.325 e. The Morgan fingerprint density at radius 2 is 2.23 bits per heavy atom. The Bertz CT molecular complexity index is 374. The summed E-state index contributed by atoms with van der Waals surface area (Å²) in [6.45, 7) is 1.93. The van der Waals surface area contributed by atoms with Crippen molar-refractivity contribution in [3.05, 3.63) is 35.6 Å². The quantitative estimate of drug-likeness (QED) is 0.568. The number of carbonyl (C=O) groups excluding carboxylic acids is 1. The van der Waals surface area contributed by atoms with Crippen molar-refractivity contribution in [3.8, 4) is 0 Å². The molecule has 0 radical (unpaired) electrons. The maximum absolute atomic E-state index is 11.1. The molecule has 66 valence electrons. The van der Waals surface area contributed by atoms with Crippen LogP contribution in [0.3, 0.4) is 0 Å². The van der Waals surface area contributed by atoms with Crippen molar-refractivity contribution in [2.75, 3.05) is 0 Å². The fraction of sp³-hybridized carbons (Fsp3) is 0.200. The van der Waals surface area contributed by atoms with Crippen LogP contribution in [0, 0.1) is 11.3 Å². The van der Waals surface area contributed by atoms with Gasteiger partial charge in [-0.1, -0.05) is 11.6 Å². The fourth-order valence-electron chi connectivity index (χ4n) is 1.59. The summed E-state index contributed by atoms with van der Waals surface area (Å²) >= 11 is 0. The molecule has 0 aromatic carbocycles. The second-order valence-corrected chi connectivity index (χ2v) is 3.27. The lowest BCUT2D eigenvalue weighted by Gasteiger charge is -2.25. The Balaban J connectivity index is 2.43. The van der Waals surface area contributed by atoms with Gasteiger partial charge in [0.1, 0.15) is 0 Å². The third kappa shape index (κ3) is 1.33. The van der Waals surface area contributed by atoms with Crippen LogP contribution in [0.5, 0.6) is 0 Å². The first kappa shape index (κ1) is 7.98. The predicted octanol–water partition coefficient (Wildman–Crippen LogP) is 1.15. The third-order valence-electron chi connectivity index (χ3n) is 2.23. The lowest BCUT2D eigenvalue weighted by Crippen LogP contribution is -2.32. The average Bonchev–Trinajstić information content (AvgIpc) is 2.02. The molecule has 2 N–H and O–H groups in total. The topological polar surface area (TPSA) is 53.0 Å². The molecule has 13 heavy (non-hydrogen) atoms. The number of fused-ring (bicyclic) bond motifs is 1. The van der Waals surface area contributed by atoms with E-state index in [2.05, 4.69) is 5.32 Å².